The molecule has 0 fully saturated rings. The maximum Gasteiger partial charge on any atom is 0.202 e. The Balaban J connectivity index is 2.20. The molecule has 0 saturated heterocycles. The average molecular weight is 327 g/mol. The number of rotatable bonds is 5. The molecule has 2 aromatic rings. The molecule has 2 rings (SSSR count). The Kier molecular flexibility index (Phi) is 5.22. The van der Waals surface area contributed by atoms with Gasteiger partial charge < -0.3 is 9.30 Å². The number of ketones is 1. The lowest BCUT2D eigenvalue weighted by Crippen LogP contribution is -2.17. The van der Waals surface area contributed by atoms with Gasteiger partial charge in [-0.25, -0.2) is 0 Å². The molecule has 1 heterocycles. The normalized spacial score (nSPS) is 11.8. The summed E-state index contributed by atoms with van der Waals surface area (Å²) < 4.78 is 8.08. The lowest BCUT2D eigenvalue weighted by atomic mass is 9.86. The Hall–Kier alpha value is -2.03. The summed E-state index contributed by atoms with van der Waals surface area (Å²) in [4.78, 5) is 12.6. The fraction of sp³-hybridized carbons (Fsp3) is 0.476. The van der Waals surface area contributed by atoms with E-state index < -0.39 is 0 Å². The Bertz CT molecular complexity index is 733. The lowest BCUT2D eigenvalue weighted by molar-refractivity contribution is 0.0919. The van der Waals surface area contributed by atoms with Crippen LogP contribution >= 0.6 is 0 Å². The molecule has 0 radical (unpaired) electrons. The summed E-state index contributed by atoms with van der Waals surface area (Å²) in [6, 6.07) is 10.3. The van der Waals surface area contributed by atoms with Gasteiger partial charge in [0.2, 0.25) is 5.78 Å². The zero-order valence-electron chi connectivity index (χ0n) is 15.9. The van der Waals surface area contributed by atoms with Gasteiger partial charge in [0.1, 0.15) is 5.75 Å². The van der Waals surface area contributed by atoms with E-state index in [0.717, 1.165) is 28.3 Å². The van der Waals surface area contributed by atoms with Gasteiger partial charge in [-0.15, -0.1) is 0 Å². The highest BCUT2D eigenvalue weighted by atomic mass is 16.5. The van der Waals surface area contributed by atoms with Crippen molar-refractivity contribution in [2.45, 2.75) is 59.9 Å². The van der Waals surface area contributed by atoms with E-state index in [2.05, 4.69) is 45.3 Å². The molecule has 130 valence electrons. The molecule has 0 saturated carbocycles. The van der Waals surface area contributed by atoms with E-state index in [4.69, 9.17) is 4.74 Å². The fourth-order valence-electron chi connectivity index (χ4n) is 3.29. The summed E-state index contributed by atoms with van der Waals surface area (Å²) in [6.45, 7) is 14.8. The van der Waals surface area contributed by atoms with Crippen LogP contribution in [-0.2, 0) is 5.41 Å². The van der Waals surface area contributed by atoms with Crippen LogP contribution in [0.15, 0.2) is 30.3 Å². The molecule has 24 heavy (non-hydrogen) atoms. The number of hydrogen-bond donors (Lipinski definition) is 0. The van der Waals surface area contributed by atoms with Crippen molar-refractivity contribution in [3.05, 3.63) is 52.8 Å². The van der Waals surface area contributed by atoms with Crippen LogP contribution in [0.5, 0.6) is 5.75 Å². The van der Waals surface area contributed by atoms with Crippen LogP contribution in [0.2, 0.25) is 0 Å². The zero-order chi connectivity index (χ0) is 18.1. The summed E-state index contributed by atoms with van der Waals surface area (Å²) in [5.74, 6) is 0.815. The Morgan fingerprint density at radius 2 is 1.79 bits per heavy atom. The quantitative estimate of drug-likeness (QED) is 0.703. The van der Waals surface area contributed by atoms with Crippen molar-refractivity contribution < 1.29 is 9.53 Å². The summed E-state index contributed by atoms with van der Waals surface area (Å²) in [6.07, 6.45) is 0. The third kappa shape index (κ3) is 3.72. The largest absolute Gasteiger partial charge is 0.485 e. The molecule has 0 atom stereocenters. The van der Waals surface area contributed by atoms with Crippen LogP contribution in [0, 0.1) is 13.8 Å². The Morgan fingerprint density at radius 1 is 1.17 bits per heavy atom. The monoisotopic (exact) mass is 327 g/mol. The number of carbonyl (C=O) groups excluding carboxylic acids is 1. The molecular weight excluding hydrogens is 298 g/mol. The molecular formula is C21H29NO2. The first-order chi connectivity index (χ1) is 11.1. The third-order valence-corrected chi connectivity index (χ3v) is 4.36. The second kappa shape index (κ2) is 6.84. The fourth-order valence-corrected chi connectivity index (χ4v) is 3.29. The highest BCUT2D eigenvalue weighted by Crippen LogP contribution is 2.31. The summed E-state index contributed by atoms with van der Waals surface area (Å²) in [5.41, 5.74) is 3.98. The minimum atomic E-state index is -0.0207. The van der Waals surface area contributed by atoms with Gasteiger partial charge in [-0.3, -0.25) is 4.79 Å². The van der Waals surface area contributed by atoms with Gasteiger partial charge in [-0.2, -0.15) is 0 Å². The van der Waals surface area contributed by atoms with Crippen molar-refractivity contribution in [3.8, 4) is 5.75 Å². The van der Waals surface area contributed by atoms with Gasteiger partial charge in [0.05, 0.1) is 0 Å². The minimum Gasteiger partial charge on any atom is -0.485 e. The smallest absolute Gasteiger partial charge is 0.202 e. The topological polar surface area (TPSA) is 31.2 Å². The second-order valence-corrected chi connectivity index (χ2v) is 7.71. The standard InChI is InChI=1S/C21H29NO2/c1-14(2)22-15(3)12-17(16(22)4)19(23)13-24-20-11-9-8-10-18(20)21(5,6)7/h8-12,14H,13H2,1-7H3. The lowest BCUT2D eigenvalue weighted by Gasteiger charge is -2.22. The van der Waals surface area contributed by atoms with Crippen LogP contribution in [0.1, 0.15) is 68.0 Å². The van der Waals surface area contributed by atoms with Crippen molar-refractivity contribution in [3.63, 3.8) is 0 Å². The molecule has 1 aromatic carbocycles. The van der Waals surface area contributed by atoms with E-state index >= 15 is 0 Å². The first-order valence-corrected chi connectivity index (χ1v) is 8.57. The van der Waals surface area contributed by atoms with Crippen LogP contribution in [0.25, 0.3) is 0 Å². The zero-order valence-corrected chi connectivity index (χ0v) is 15.9. The van der Waals surface area contributed by atoms with Crippen molar-refractivity contribution in [1.29, 1.82) is 0 Å². The van der Waals surface area contributed by atoms with E-state index in [1.807, 2.05) is 38.1 Å². The molecule has 0 N–H and O–H groups in total. The highest BCUT2D eigenvalue weighted by Gasteiger charge is 2.21. The second-order valence-electron chi connectivity index (χ2n) is 7.71. The molecule has 0 aliphatic heterocycles. The van der Waals surface area contributed by atoms with E-state index in [9.17, 15) is 4.79 Å². The van der Waals surface area contributed by atoms with Crippen LogP contribution in [0.4, 0.5) is 0 Å². The Morgan fingerprint density at radius 3 is 2.33 bits per heavy atom. The number of ether oxygens (including phenoxy) is 1. The van der Waals surface area contributed by atoms with E-state index in [-0.39, 0.29) is 17.8 Å². The number of aromatic nitrogens is 1. The highest BCUT2D eigenvalue weighted by molar-refractivity contribution is 5.98. The molecule has 0 unspecified atom stereocenters. The first-order valence-electron chi connectivity index (χ1n) is 8.57. The number of Topliss-reactive ketones (excluding diaryl/α,β-unsaturated/α-hetero) is 1. The van der Waals surface area contributed by atoms with E-state index in [0.29, 0.717) is 6.04 Å². The summed E-state index contributed by atoms with van der Waals surface area (Å²) in [5, 5.41) is 0. The van der Waals surface area contributed by atoms with Gasteiger partial charge in [0.15, 0.2) is 6.61 Å². The summed E-state index contributed by atoms with van der Waals surface area (Å²) >= 11 is 0. The first kappa shape index (κ1) is 18.3. The third-order valence-electron chi connectivity index (χ3n) is 4.36. The van der Waals surface area contributed by atoms with Crippen LogP contribution in [0.3, 0.4) is 0 Å². The van der Waals surface area contributed by atoms with E-state index in [1.165, 1.54) is 0 Å². The minimum absolute atomic E-state index is 0.0207. The van der Waals surface area contributed by atoms with Gasteiger partial charge >= 0.3 is 0 Å². The molecule has 0 aliphatic rings. The van der Waals surface area contributed by atoms with Gasteiger partial charge in [0.25, 0.3) is 0 Å². The molecule has 3 heteroatoms. The average Bonchev–Trinajstić information content (AvgIpc) is 2.79. The molecule has 0 spiro atoms. The number of hydrogen-bond acceptors (Lipinski definition) is 2. The summed E-state index contributed by atoms with van der Waals surface area (Å²) in [7, 11) is 0. The predicted octanol–water partition coefficient (Wildman–Crippen LogP) is 5.25. The van der Waals surface area contributed by atoms with Crippen molar-refractivity contribution in [2.24, 2.45) is 0 Å². The maximum atomic E-state index is 12.6. The molecule has 0 bridgehead atoms. The van der Waals surface area contributed by atoms with Gasteiger partial charge in [-0.05, 0) is 50.8 Å². The number of carbonyl (C=O) groups is 1. The molecule has 0 aliphatic carbocycles. The van der Waals surface area contributed by atoms with Crippen molar-refractivity contribution >= 4 is 5.78 Å². The SMILES string of the molecule is Cc1cc(C(=O)COc2ccccc2C(C)(C)C)c(C)n1C(C)C. The number of para-hydroxylation sites is 1. The Labute approximate surface area is 145 Å². The van der Waals surface area contributed by atoms with Crippen LogP contribution < -0.4 is 4.74 Å². The number of benzene rings is 1. The number of nitrogens with zero attached hydrogens (tertiary/aromatic N) is 1. The molecule has 3 nitrogen and oxygen atoms in total. The maximum absolute atomic E-state index is 12.6. The van der Waals surface area contributed by atoms with Gasteiger partial charge in [-0.1, -0.05) is 39.0 Å². The van der Waals surface area contributed by atoms with E-state index in [1.54, 1.807) is 0 Å². The predicted molar refractivity (Wildman–Crippen MR) is 99.3 cm³/mol. The molecule has 1 aromatic heterocycles. The van der Waals surface area contributed by atoms with Crippen molar-refractivity contribution in [1.82, 2.24) is 4.57 Å². The molecule has 0 amide bonds. The number of aryl methyl sites for hydroxylation is 1. The van der Waals surface area contributed by atoms with Gasteiger partial charge in [0, 0.05) is 23.0 Å². The van der Waals surface area contributed by atoms with Crippen LogP contribution in [-0.4, -0.2) is 17.0 Å². The van der Waals surface area contributed by atoms with Crippen molar-refractivity contribution in [2.75, 3.05) is 6.61 Å².